The molecule has 0 radical (unpaired) electrons. The standard InChI is InChI=1S/C11H17F2NO5/c1-9(2,3)19-8(17)14-5-10(18,7(15)16)4-11(12,13)6-14/h18H,4-6H2,1-3H3,(H,15,16). The van der Waals surface area contributed by atoms with Gasteiger partial charge in [-0.1, -0.05) is 0 Å². The van der Waals surface area contributed by atoms with Gasteiger partial charge in [0.1, 0.15) is 5.60 Å². The van der Waals surface area contributed by atoms with E-state index in [0.717, 1.165) is 0 Å². The molecule has 1 unspecified atom stereocenters. The van der Waals surface area contributed by atoms with Crippen LogP contribution in [0.5, 0.6) is 0 Å². The van der Waals surface area contributed by atoms with Gasteiger partial charge < -0.3 is 14.9 Å². The number of piperidine rings is 1. The number of carboxylic acid groups (broad SMARTS) is 1. The molecule has 6 nitrogen and oxygen atoms in total. The van der Waals surface area contributed by atoms with E-state index in [0.29, 0.717) is 4.90 Å². The Morgan fingerprint density at radius 2 is 1.79 bits per heavy atom. The van der Waals surface area contributed by atoms with Crippen molar-refractivity contribution in [1.29, 1.82) is 0 Å². The fourth-order valence-electron chi connectivity index (χ4n) is 1.79. The molecule has 0 aliphatic carbocycles. The van der Waals surface area contributed by atoms with Crippen LogP contribution in [-0.4, -0.2) is 57.4 Å². The van der Waals surface area contributed by atoms with Crippen LogP contribution in [0.2, 0.25) is 0 Å². The molecule has 19 heavy (non-hydrogen) atoms. The molecule has 0 aromatic rings. The van der Waals surface area contributed by atoms with Gasteiger partial charge in [0.25, 0.3) is 5.92 Å². The zero-order valence-corrected chi connectivity index (χ0v) is 10.9. The van der Waals surface area contributed by atoms with E-state index >= 15 is 0 Å². The second-order valence-corrected chi connectivity index (χ2v) is 5.71. The van der Waals surface area contributed by atoms with E-state index in [1.807, 2.05) is 0 Å². The number of aliphatic hydroxyl groups is 1. The average molecular weight is 281 g/mol. The fraction of sp³-hybridized carbons (Fsp3) is 0.818. The summed E-state index contributed by atoms with van der Waals surface area (Å²) in [5.41, 5.74) is -3.57. The lowest BCUT2D eigenvalue weighted by Gasteiger charge is -2.40. The minimum Gasteiger partial charge on any atom is -0.479 e. The van der Waals surface area contributed by atoms with Crippen LogP contribution in [0.25, 0.3) is 0 Å². The molecule has 110 valence electrons. The first-order chi connectivity index (χ1) is 8.35. The summed E-state index contributed by atoms with van der Waals surface area (Å²) in [6, 6.07) is 0. The summed E-state index contributed by atoms with van der Waals surface area (Å²) in [4.78, 5) is 23.1. The van der Waals surface area contributed by atoms with Gasteiger partial charge in [-0.25, -0.2) is 18.4 Å². The molecule has 0 saturated carbocycles. The minimum atomic E-state index is -3.48. The number of aliphatic carboxylic acids is 1. The Bertz CT molecular complexity index is 393. The van der Waals surface area contributed by atoms with E-state index in [2.05, 4.69) is 0 Å². The van der Waals surface area contributed by atoms with Crippen molar-refractivity contribution in [2.45, 2.75) is 44.3 Å². The maximum atomic E-state index is 13.4. The number of carboxylic acids is 1. The maximum absolute atomic E-state index is 13.4. The molecular formula is C11H17F2NO5. The summed E-state index contributed by atoms with van der Waals surface area (Å²) in [5, 5.41) is 18.5. The molecule has 1 saturated heterocycles. The quantitative estimate of drug-likeness (QED) is 0.751. The molecule has 1 aliphatic heterocycles. The van der Waals surface area contributed by atoms with Gasteiger partial charge in [0.2, 0.25) is 0 Å². The van der Waals surface area contributed by atoms with Crippen LogP contribution in [0.15, 0.2) is 0 Å². The Kier molecular flexibility index (Phi) is 3.77. The molecule has 2 N–H and O–H groups in total. The van der Waals surface area contributed by atoms with Crippen LogP contribution in [-0.2, 0) is 9.53 Å². The molecule has 0 bridgehead atoms. The fourth-order valence-corrected chi connectivity index (χ4v) is 1.79. The molecule has 1 aliphatic rings. The number of likely N-dealkylation sites (tertiary alicyclic amines) is 1. The van der Waals surface area contributed by atoms with Gasteiger partial charge in [0.15, 0.2) is 5.60 Å². The predicted molar refractivity (Wildman–Crippen MR) is 60.0 cm³/mol. The van der Waals surface area contributed by atoms with Crippen LogP contribution in [0, 0.1) is 0 Å². The first kappa shape index (κ1) is 15.6. The number of carbonyl (C=O) groups excluding carboxylic acids is 1. The highest BCUT2D eigenvalue weighted by Crippen LogP contribution is 2.34. The van der Waals surface area contributed by atoms with Crippen LogP contribution < -0.4 is 0 Å². The van der Waals surface area contributed by atoms with E-state index in [9.17, 15) is 23.5 Å². The van der Waals surface area contributed by atoms with E-state index in [4.69, 9.17) is 9.84 Å². The summed E-state index contributed by atoms with van der Waals surface area (Å²) >= 11 is 0. The van der Waals surface area contributed by atoms with E-state index in [1.165, 1.54) is 0 Å². The Balaban J connectivity index is 2.91. The van der Waals surface area contributed by atoms with Crippen molar-refractivity contribution in [3.63, 3.8) is 0 Å². The van der Waals surface area contributed by atoms with Crippen LogP contribution in [0.4, 0.5) is 13.6 Å². The van der Waals surface area contributed by atoms with E-state index in [1.54, 1.807) is 20.8 Å². The molecule has 1 heterocycles. The lowest BCUT2D eigenvalue weighted by molar-refractivity contribution is -0.185. The number of hydrogen-bond donors (Lipinski definition) is 2. The average Bonchev–Trinajstić information content (AvgIpc) is 2.11. The number of carbonyl (C=O) groups is 2. The Morgan fingerprint density at radius 1 is 1.26 bits per heavy atom. The van der Waals surface area contributed by atoms with Crippen molar-refractivity contribution in [3.8, 4) is 0 Å². The third-order valence-corrected chi connectivity index (χ3v) is 2.48. The van der Waals surface area contributed by atoms with Crippen LogP contribution >= 0.6 is 0 Å². The minimum absolute atomic E-state index is 0.517. The van der Waals surface area contributed by atoms with Crippen molar-refractivity contribution >= 4 is 12.1 Å². The van der Waals surface area contributed by atoms with Gasteiger partial charge in [-0.15, -0.1) is 0 Å². The summed E-state index contributed by atoms with van der Waals surface area (Å²) in [5.74, 6) is -5.28. The number of amides is 1. The molecule has 8 heteroatoms. The number of ether oxygens (including phenoxy) is 1. The van der Waals surface area contributed by atoms with Crippen molar-refractivity contribution in [1.82, 2.24) is 4.90 Å². The zero-order chi connectivity index (χ0) is 15.1. The summed E-state index contributed by atoms with van der Waals surface area (Å²) in [6.07, 6.45) is -2.30. The number of halogens is 2. The third kappa shape index (κ3) is 4.02. The maximum Gasteiger partial charge on any atom is 0.410 e. The normalized spacial score (nSPS) is 26.9. The molecule has 0 aromatic heterocycles. The first-order valence-corrected chi connectivity index (χ1v) is 5.66. The lowest BCUT2D eigenvalue weighted by atomic mass is 9.91. The molecular weight excluding hydrogens is 264 g/mol. The summed E-state index contributed by atoms with van der Waals surface area (Å²) in [6.45, 7) is 2.95. The molecule has 1 fully saturated rings. The second kappa shape index (κ2) is 4.59. The van der Waals surface area contributed by atoms with Crippen LogP contribution in [0.1, 0.15) is 27.2 Å². The van der Waals surface area contributed by atoms with Gasteiger partial charge in [0.05, 0.1) is 19.5 Å². The smallest absolute Gasteiger partial charge is 0.410 e. The number of hydrogen-bond acceptors (Lipinski definition) is 4. The molecule has 0 aromatic carbocycles. The van der Waals surface area contributed by atoms with Crippen molar-refractivity contribution < 1.29 is 33.3 Å². The topological polar surface area (TPSA) is 87.1 Å². The second-order valence-electron chi connectivity index (χ2n) is 5.71. The molecule has 1 atom stereocenters. The van der Waals surface area contributed by atoms with E-state index < -0.39 is 48.7 Å². The molecule has 1 rings (SSSR count). The first-order valence-electron chi connectivity index (χ1n) is 5.66. The third-order valence-electron chi connectivity index (χ3n) is 2.48. The zero-order valence-electron chi connectivity index (χ0n) is 10.9. The number of nitrogens with zero attached hydrogens (tertiary/aromatic N) is 1. The van der Waals surface area contributed by atoms with Gasteiger partial charge >= 0.3 is 12.1 Å². The van der Waals surface area contributed by atoms with Gasteiger partial charge in [0, 0.05) is 0 Å². The Labute approximate surface area is 108 Å². The van der Waals surface area contributed by atoms with Crippen molar-refractivity contribution in [3.05, 3.63) is 0 Å². The van der Waals surface area contributed by atoms with Crippen LogP contribution in [0.3, 0.4) is 0 Å². The molecule has 1 amide bonds. The highest BCUT2D eigenvalue weighted by molar-refractivity contribution is 5.79. The summed E-state index contributed by atoms with van der Waals surface area (Å²) < 4.78 is 31.8. The Morgan fingerprint density at radius 3 is 2.21 bits per heavy atom. The molecule has 0 spiro atoms. The number of alkyl halides is 2. The number of rotatable bonds is 1. The van der Waals surface area contributed by atoms with Gasteiger partial charge in [-0.3, -0.25) is 4.90 Å². The number of β-amino-alcohol motifs (C(OH)–C–C–N with tert-alkyl or cyclic N) is 1. The lowest BCUT2D eigenvalue weighted by Crippen LogP contribution is -2.61. The van der Waals surface area contributed by atoms with Gasteiger partial charge in [-0.2, -0.15) is 0 Å². The largest absolute Gasteiger partial charge is 0.479 e. The van der Waals surface area contributed by atoms with Crippen molar-refractivity contribution in [2.75, 3.05) is 13.1 Å². The van der Waals surface area contributed by atoms with Crippen molar-refractivity contribution in [2.24, 2.45) is 0 Å². The Hall–Kier alpha value is -1.44. The monoisotopic (exact) mass is 281 g/mol. The highest BCUT2D eigenvalue weighted by Gasteiger charge is 2.54. The highest BCUT2D eigenvalue weighted by atomic mass is 19.3. The SMILES string of the molecule is CC(C)(C)OC(=O)N1CC(F)(F)CC(O)(C(=O)O)C1. The van der Waals surface area contributed by atoms with Gasteiger partial charge in [-0.05, 0) is 20.8 Å². The predicted octanol–water partition coefficient (Wildman–Crippen LogP) is 1.08. The summed E-state index contributed by atoms with van der Waals surface area (Å²) in [7, 11) is 0. The van der Waals surface area contributed by atoms with E-state index in [-0.39, 0.29) is 0 Å².